The van der Waals surface area contributed by atoms with E-state index in [4.69, 9.17) is 11.6 Å². The second kappa shape index (κ2) is 3.56. The summed E-state index contributed by atoms with van der Waals surface area (Å²) < 4.78 is 14.5. The lowest BCUT2D eigenvalue weighted by molar-refractivity contribution is 0.644. The van der Waals surface area contributed by atoms with Crippen molar-refractivity contribution in [3.05, 3.63) is 33.9 Å². The second-order valence-corrected chi connectivity index (χ2v) is 4.87. The summed E-state index contributed by atoms with van der Waals surface area (Å²) in [5.74, 6) is -0.301. The minimum absolute atomic E-state index is 0.238. The molecule has 1 aromatic heterocycles. The summed E-state index contributed by atoms with van der Waals surface area (Å²) in [6, 6.07) is 5.68. The van der Waals surface area contributed by atoms with Crippen LogP contribution >= 0.6 is 38.9 Å². The van der Waals surface area contributed by atoms with Crippen LogP contribution < -0.4 is 0 Å². The topological polar surface area (TPSA) is 0 Å². The summed E-state index contributed by atoms with van der Waals surface area (Å²) in [5.41, 5.74) is 1.06. The van der Waals surface area contributed by atoms with Crippen molar-refractivity contribution in [1.82, 2.24) is 0 Å². The maximum Gasteiger partial charge on any atom is 0.160 e. The highest BCUT2D eigenvalue weighted by atomic mass is 79.9. The molecule has 1 heterocycles. The molecule has 1 aromatic carbocycles. The monoisotopic (exact) mass is 278 g/mol. The molecule has 13 heavy (non-hydrogen) atoms. The van der Waals surface area contributed by atoms with Crippen LogP contribution in [0.25, 0.3) is 10.1 Å². The number of halogens is 3. The Morgan fingerprint density at radius 2 is 2.23 bits per heavy atom. The third kappa shape index (κ3) is 1.60. The summed E-state index contributed by atoms with van der Waals surface area (Å²) in [5, 5.41) is 1.35. The number of hydrogen-bond acceptors (Lipinski definition) is 1. The SMILES string of the molecule is Fc1c(Cl)sc2ccc(CBr)cc12. The first-order valence-electron chi connectivity index (χ1n) is 3.65. The van der Waals surface area contributed by atoms with Gasteiger partial charge in [0.15, 0.2) is 5.82 Å². The maximum absolute atomic E-state index is 13.3. The van der Waals surface area contributed by atoms with Crippen molar-refractivity contribution in [3.8, 4) is 0 Å². The normalized spacial score (nSPS) is 11.0. The fraction of sp³-hybridized carbons (Fsp3) is 0.111. The molecule has 0 unspecified atom stereocenters. The molecule has 0 bridgehead atoms. The highest BCUT2D eigenvalue weighted by molar-refractivity contribution is 9.08. The van der Waals surface area contributed by atoms with Crippen molar-refractivity contribution in [1.29, 1.82) is 0 Å². The Labute approximate surface area is 92.5 Å². The number of fused-ring (bicyclic) bond motifs is 1. The lowest BCUT2D eigenvalue weighted by atomic mass is 10.2. The van der Waals surface area contributed by atoms with E-state index in [0.29, 0.717) is 5.39 Å². The van der Waals surface area contributed by atoms with Gasteiger partial charge in [-0.3, -0.25) is 0 Å². The average molecular weight is 280 g/mol. The van der Waals surface area contributed by atoms with Crippen molar-refractivity contribution in [2.45, 2.75) is 5.33 Å². The molecule has 2 rings (SSSR count). The molecule has 0 spiro atoms. The van der Waals surface area contributed by atoms with Gasteiger partial charge in [-0.05, 0) is 17.7 Å². The summed E-state index contributed by atoms with van der Waals surface area (Å²) >= 11 is 10.3. The molecule has 0 fully saturated rings. The molecular weight excluding hydrogens is 275 g/mol. The summed E-state index contributed by atoms with van der Waals surface area (Å²) in [6.45, 7) is 0. The van der Waals surface area contributed by atoms with Crippen LogP contribution in [0, 0.1) is 5.82 Å². The van der Waals surface area contributed by atoms with Crippen molar-refractivity contribution in [2.24, 2.45) is 0 Å². The molecule has 0 atom stereocenters. The summed E-state index contributed by atoms with van der Waals surface area (Å²) in [4.78, 5) is 0. The molecule has 2 aromatic rings. The highest BCUT2D eigenvalue weighted by Gasteiger charge is 2.09. The van der Waals surface area contributed by atoms with Gasteiger partial charge < -0.3 is 0 Å². The smallest absolute Gasteiger partial charge is 0.160 e. The molecule has 0 aliphatic carbocycles. The minimum atomic E-state index is -0.301. The molecule has 0 N–H and O–H groups in total. The van der Waals surface area contributed by atoms with Gasteiger partial charge in [-0.25, -0.2) is 4.39 Å². The molecule has 0 radical (unpaired) electrons. The van der Waals surface area contributed by atoms with Gasteiger partial charge in [-0.2, -0.15) is 0 Å². The van der Waals surface area contributed by atoms with Gasteiger partial charge in [0.25, 0.3) is 0 Å². The number of benzene rings is 1. The van der Waals surface area contributed by atoms with E-state index < -0.39 is 0 Å². The first kappa shape index (κ1) is 9.44. The van der Waals surface area contributed by atoms with Gasteiger partial charge in [-0.1, -0.05) is 33.6 Å². The van der Waals surface area contributed by atoms with Crippen LogP contribution in [-0.2, 0) is 5.33 Å². The van der Waals surface area contributed by atoms with Crippen molar-refractivity contribution in [3.63, 3.8) is 0 Å². The molecule has 4 heteroatoms. The average Bonchev–Trinajstić information content (AvgIpc) is 2.43. The van der Waals surface area contributed by atoms with Crippen LogP contribution in [0.3, 0.4) is 0 Å². The zero-order valence-electron chi connectivity index (χ0n) is 6.48. The standard InChI is InChI=1S/C9H5BrClFS/c10-4-5-1-2-7-6(3-5)8(12)9(11)13-7/h1-3H,4H2. The van der Waals surface area contributed by atoms with Crippen LogP contribution in [0.15, 0.2) is 18.2 Å². The van der Waals surface area contributed by atoms with Crippen LogP contribution in [0.2, 0.25) is 4.34 Å². The molecule has 0 saturated carbocycles. The number of hydrogen-bond donors (Lipinski definition) is 0. The molecule has 0 saturated heterocycles. The highest BCUT2D eigenvalue weighted by Crippen LogP contribution is 2.34. The number of rotatable bonds is 1. The predicted octanol–water partition coefficient (Wildman–Crippen LogP) is 4.59. The molecule has 0 aliphatic heterocycles. The third-order valence-corrected chi connectivity index (χ3v) is 3.79. The lowest BCUT2D eigenvalue weighted by Gasteiger charge is -1.94. The molecule has 0 amide bonds. The van der Waals surface area contributed by atoms with E-state index >= 15 is 0 Å². The first-order valence-corrected chi connectivity index (χ1v) is 5.96. The predicted molar refractivity (Wildman–Crippen MR) is 59.4 cm³/mol. The molecule has 68 valence electrons. The van der Waals surface area contributed by atoms with E-state index in [1.807, 2.05) is 18.2 Å². The Hall–Kier alpha value is -0.120. The molecular formula is C9H5BrClFS. The van der Waals surface area contributed by atoms with Gasteiger partial charge >= 0.3 is 0 Å². The number of thiophene rings is 1. The van der Waals surface area contributed by atoms with Gasteiger partial charge in [0, 0.05) is 15.4 Å². The summed E-state index contributed by atoms with van der Waals surface area (Å²) in [6.07, 6.45) is 0. The Bertz CT molecular complexity index is 452. The summed E-state index contributed by atoms with van der Waals surface area (Å²) in [7, 11) is 0. The van der Waals surface area contributed by atoms with Crippen molar-refractivity contribution >= 4 is 49.0 Å². The van der Waals surface area contributed by atoms with Gasteiger partial charge in [0.2, 0.25) is 0 Å². The number of alkyl halides is 1. The fourth-order valence-electron chi connectivity index (χ4n) is 1.17. The van der Waals surface area contributed by atoms with Crippen molar-refractivity contribution in [2.75, 3.05) is 0 Å². The van der Waals surface area contributed by atoms with Crippen molar-refractivity contribution < 1.29 is 4.39 Å². The van der Waals surface area contributed by atoms with Crippen LogP contribution in [-0.4, -0.2) is 0 Å². The van der Waals surface area contributed by atoms with Crippen LogP contribution in [0.5, 0.6) is 0 Å². The van der Waals surface area contributed by atoms with E-state index in [1.54, 1.807) is 0 Å². The zero-order chi connectivity index (χ0) is 9.42. The first-order chi connectivity index (χ1) is 6.22. The van der Waals surface area contributed by atoms with E-state index in [9.17, 15) is 4.39 Å². The lowest BCUT2D eigenvalue weighted by Crippen LogP contribution is -1.76. The van der Waals surface area contributed by atoms with E-state index in [0.717, 1.165) is 15.6 Å². The van der Waals surface area contributed by atoms with Gasteiger partial charge in [-0.15, -0.1) is 11.3 Å². The van der Waals surface area contributed by atoms with E-state index in [2.05, 4.69) is 15.9 Å². The Balaban J connectivity index is 2.75. The zero-order valence-corrected chi connectivity index (χ0v) is 9.64. The Kier molecular flexibility index (Phi) is 2.58. The van der Waals surface area contributed by atoms with Crippen LogP contribution in [0.1, 0.15) is 5.56 Å². The minimum Gasteiger partial charge on any atom is -0.204 e. The van der Waals surface area contributed by atoms with E-state index in [1.165, 1.54) is 11.3 Å². The third-order valence-electron chi connectivity index (χ3n) is 1.81. The molecule has 0 nitrogen and oxygen atoms in total. The van der Waals surface area contributed by atoms with E-state index in [-0.39, 0.29) is 10.2 Å². The Morgan fingerprint density at radius 3 is 2.92 bits per heavy atom. The fourth-order valence-corrected chi connectivity index (χ4v) is 2.66. The van der Waals surface area contributed by atoms with Gasteiger partial charge in [0.1, 0.15) is 4.34 Å². The molecule has 0 aliphatic rings. The quantitative estimate of drug-likeness (QED) is 0.670. The Morgan fingerprint density at radius 1 is 1.46 bits per heavy atom. The maximum atomic E-state index is 13.3. The largest absolute Gasteiger partial charge is 0.204 e. The van der Waals surface area contributed by atoms with Gasteiger partial charge in [0.05, 0.1) is 0 Å². The van der Waals surface area contributed by atoms with Crippen LogP contribution in [0.4, 0.5) is 4.39 Å². The second-order valence-electron chi connectivity index (χ2n) is 2.65.